The SMILES string of the molecule is COc1ccc2c(c1)OC(c1cncc(Br)c1)CC2O. The minimum Gasteiger partial charge on any atom is -0.497 e. The molecule has 20 heavy (non-hydrogen) atoms. The average molecular weight is 336 g/mol. The van der Waals surface area contributed by atoms with Crippen LogP contribution in [0.2, 0.25) is 0 Å². The molecule has 1 aliphatic heterocycles. The van der Waals surface area contributed by atoms with E-state index in [1.165, 1.54) is 0 Å². The Bertz CT molecular complexity index is 632. The van der Waals surface area contributed by atoms with Gasteiger partial charge >= 0.3 is 0 Å². The monoisotopic (exact) mass is 335 g/mol. The van der Waals surface area contributed by atoms with Gasteiger partial charge in [-0.15, -0.1) is 0 Å². The molecule has 2 heterocycles. The molecule has 5 heteroatoms. The van der Waals surface area contributed by atoms with E-state index in [0.29, 0.717) is 17.9 Å². The predicted octanol–water partition coefficient (Wildman–Crippen LogP) is 3.41. The van der Waals surface area contributed by atoms with Crippen LogP contribution < -0.4 is 9.47 Å². The fourth-order valence-corrected chi connectivity index (χ4v) is 2.74. The highest BCUT2D eigenvalue weighted by molar-refractivity contribution is 9.10. The molecule has 0 amide bonds. The number of nitrogens with zero attached hydrogens (tertiary/aromatic N) is 1. The fourth-order valence-electron chi connectivity index (χ4n) is 2.36. The van der Waals surface area contributed by atoms with Crippen molar-refractivity contribution in [3.63, 3.8) is 0 Å². The van der Waals surface area contributed by atoms with Crippen LogP contribution in [0.3, 0.4) is 0 Å². The summed E-state index contributed by atoms with van der Waals surface area (Å²) in [6.45, 7) is 0. The van der Waals surface area contributed by atoms with Crippen LogP contribution in [0.4, 0.5) is 0 Å². The maximum absolute atomic E-state index is 10.3. The number of fused-ring (bicyclic) bond motifs is 1. The molecule has 1 aromatic carbocycles. The Balaban J connectivity index is 1.95. The van der Waals surface area contributed by atoms with Crippen molar-refractivity contribution in [2.75, 3.05) is 7.11 Å². The van der Waals surface area contributed by atoms with Crippen molar-refractivity contribution in [2.24, 2.45) is 0 Å². The number of benzene rings is 1. The van der Waals surface area contributed by atoms with Crippen molar-refractivity contribution in [1.82, 2.24) is 4.98 Å². The predicted molar refractivity (Wildman–Crippen MR) is 77.9 cm³/mol. The highest BCUT2D eigenvalue weighted by Gasteiger charge is 2.28. The Morgan fingerprint density at radius 2 is 2.20 bits per heavy atom. The summed E-state index contributed by atoms with van der Waals surface area (Å²) in [6, 6.07) is 7.42. The maximum Gasteiger partial charge on any atom is 0.129 e. The van der Waals surface area contributed by atoms with E-state index < -0.39 is 6.10 Å². The van der Waals surface area contributed by atoms with E-state index in [0.717, 1.165) is 15.6 Å². The summed E-state index contributed by atoms with van der Waals surface area (Å²) in [5.41, 5.74) is 1.73. The van der Waals surface area contributed by atoms with Gasteiger partial charge in [0.15, 0.2) is 0 Å². The molecule has 0 radical (unpaired) electrons. The summed E-state index contributed by atoms with van der Waals surface area (Å²) in [5, 5.41) is 10.3. The van der Waals surface area contributed by atoms with Gasteiger partial charge in [-0.2, -0.15) is 0 Å². The molecule has 1 aliphatic rings. The number of pyridine rings is 1. The van der Waals surface area contributed by atoms with Crippen molar-refractivity contribution in [2.45, 2.75) is 18.6 Å². The lowest BCUT2D eigenvalue weighted by Crippen LogP contribution is -2.19. The van der Waals surface area contributed by atoms with E-state index in [1.54, 1.807) is 25.6 Å². The molecular formula is C15H14BrNO3. The number of halogens is 1. The molecule has 104 valence electrons. The van der Waals surface area contributed by atoms with Crippen LogP contribution in [-0.2, 0) is 0 Å². The van der Waals surface area contributed by atoms with Gasteiger partial charge in [0.1, 0.15) is 17.6 Å². The van der Waals surface area contributed by atoms with Crippen LogP contribution in [0.25, 0.3) is 0 Å². The number of methoxy groups -OCH3 is 1. The van der Waals surface area contributed by atoms with Crippen molar-refractivity contribution in [1.29, 1.82) is 0 Å². The summed E-state index contributed by atoms with van der Waals surface area (Å²) >= 11 is 3.40. The summed E-state index contributed by atoms with van der Waals surface area (Å²) in [5.74, 6) is 1.37. The first-order valence-electron chi connectivity index (χ1n) is 6.30. The summed E-state index contributed by atoms with van der Waals surface area (Å²) in [4.78, 5) is 4.14. The molecule has 0 bridgehead atoms. The minimum absolute atomic E-state index is 0.213. The van der Waals surface area contributed by atoms with Gasteiger partial charge < -0.3 is 14.6 Å². The van der Waals surface area contributed by atoms with Gasteiger partial charge in [0.05, 0.1) is 13.2 Å². The zero-order chi connectivity index (χ0) is 14.1. The standard InChI is InChI=1S/C15H14BrNO3/c1-19-11-2-3-12-13(18)6-14(20-15(12)5-11)9-4-10(16)8-17-7-9/h2-5,7-8,13-14,18H,6H2,1H3. The number of hydrogen-bond acceptors (Lipinski definition) is 4. The minimum atomic E-state index is -0.548. The molecule has 4 nitrogen and oxygen atoms in total. The van der Waals surface area contributed by atoms with Crippen LogP contribution in [0.1, 0.15) is 29.8 Å². The van der Waals surface area contributed by atoms with Crippen LogP contribution in [0.5, 0.6) is 11.5 Å². The van der Waals surface area contributed by atoms with Gasteiger partial charge in [-0.25, -0.2) is 0 Å². The molecule has 0 spiro atoms. The van der Waals surface area contributed by atoms with Gasteiger partial charge in [-0.05, 0) is 34.1 Å². The fraction of sp³-hybridized carbons (Fsp3) is 0.267. The van der Waals surface area contributed by atoms with E-state index >= 15 is 0 Å². The first-order chi connectivity index (χ1) is 9.67. The molecule has 3 rings (SSSR count). The molecule has 1 N–H and O–H groups in total. The summed E-state index contributed by atoms with van der Waals surface area (Å²) < 4.78 is 12.1. The first kappa shape index (κ1) is 13.4. The Hall–Kier alpha value is -1.59. The third kappa shape index (κ3) is 2.51. The van der Waals surface area contributed by atoms with Gasteiger partial charge in [-0.3, -0.25) is 4.98 Å². The Morgan fingerprint density at radius 1 is 1.35 bits per heavy atom. The molecular weight excluding hydrogens is 322 g/mol. The van der Waals surface area contributed by atoms with Crippen LogP contribution in [0, 0.1) is 0 Å². The molecule has 1 aromatic heterocycles. The van der Waals surface area contributed by atoms with Gasteiger partial charge in [-0.1, -0.05) is 0 Å². The number of aromatic nitrogens is 1. The highest BCUT2D eigenvalue weighted by atomic mass is 79.9. The van der Waals surface area contributed by atoms with Gasteiger partial charge in [0.25, 0.3) is 0 Å². The molecule has 0 fully saturated rings. The van der Waals surface area contributed by atoms with Crippen LogP contribution in [0.15, 0.2) is 41.1 Å². The number of rotatable bonds is 2. The molecule has 0 aliphatic carbocycles. The van der Waals surface area contributed by atoms with Crippen LogP contribution >= 0.6 is 15.9 Å². The highest BCUT2D eigenvalue weighted by Crippen LogP contribution is 2.42. The third-order valence-corrected chi connectivity index (χ3v) is 3.82. The molecule has 0 saturated heterocycles. The number of ether oxygens (including phenoxy) is 2. The van der Waals surface area contributed by atoms with E-state index in [4.69, 9.17) is 9.47 Å². The Labute approximate surface area is 125 Å². The Morgan fingerprint density at radius 3 is 2.95 bits per heavy atom. The summed E-state index contributed by atoms with van der Waals surface area (Å²) in [6.07, 6.45) is 3.23. The van der Waals surface area contributed by atoms with E-state index in [-0.39, 0.29) is 6.10 Å². The number of aliphatic hydroxyl groups excluding tert-OH is 1. The summed E-state index contributed by atoms with van der Waals surface area (Å²) in [7, 11) is 1.61. The largest absolute Gasteiger partial charge is 0.497 e. The van der Waals surface area contributed by atoms with Crippen LogP contribution in [-0.4, -0.2) is 17.2 Å². The maximum atomic E-state index is 10.3. The molecule has 0 saturated carbocycles. The topological polar surface area (TPSA) is 51.6 Å². The second-order valence-electron chi connectivity index (χ2n) is 4.70. The quantitative estimate of drug-likeness (QED) is 0.913. The van der Waals surface area contributed by atoms with Crippen molar-refractivity contribution >= 4 is 15.9 Å². The third-order valence-electron chi connectivity index (χ3n) is 3.38. The lowest BCUT2D eigenvalue weighted by molar-refractivity contribution is 0.0653. The van der Waals surface area contributed by atoms with Gasteiger partial charge in [0, 0.05) is 40.5 Å². The zero-order valence-corrected chi connectivity index (χ0v) is 12.5. The molecule has 2 aromatic rings. The first-order valence-corrected chi connectivity index (χ1v) is 7.10. The van der Waals surface area contributed by atoms with Crippen molar-refractivity contribution < 1.29 is 14.6 Å². The Kier molecular flexibility index (Phi) is 3.63. The average Bonchev–Trinajstić information content (AvgIpc) is 2.46. The lowest BCUT2D eigenvalue weighted by atomic mass is 9.96. The molecule has 2 atom stereocenters. The second kappa shape index (κ2) is 5.42. The number of hydrogen-bond donors (Lipinski definition) is 1. The van der Waals surface area contributed by atoms with E-state index in [9.17, 15) is 5.11 Å². The molecule has 2 unspecified atom stereocenters. The van der Waals surface area contributed by atoms with Gasteiger partial charge in [0.2, 0.25) is 0 Å². The van der Waals surface area contributed by atoms with Crippen molar-refractivity contribution in [3.05, 3.63) is 52.3 Å². The smallest absolute Gasteiger partial charge is 0.129 e. The van der Waals surface area contributed by atoms with Crippen molar-refractivity contribution in [3.8, 4) is 11.5 Å². The van der Waals surface area contributed by atoms with E-state index in [2.05, 4.69) is 20.9 Å². The zero-order valence-electron chi connectivity index (χ0n) is 10.9. The lowest BCUT2D eigenvalue weighted by Gasteiger charge is -2.30. The number of aliphatic hydroxyl groups is 1. The normalized spacial score (nSPS) is 20.9. The second-order valence-corrected chi connectivity index (χ2v) is 5.61. The van der Waals surface area contributed by atoms with E-state index in [1.807, 2.05) is 18.2 Å².